The summed E-state index contributed by atoms with van der Waals surface area (Å²) in [5, 5.41) is 3.59. The SMILES string of the molecule is CC[C@H](C)NC(=O)[C@@H](C)N(Cc1ccc(Cl)c(Cl)c1)C(=O)CN(c1cccc(C)c1C)S(=O)(=O)c1ccccc1. The van der Waals surface area contributed by atoms with Crippen LogP contribution in [0, 0.1) is 13.8 Å². The predicted molar refractivity (Wildman–Crippen MR) is 161 cm³/mol. The summed E-state index contributed by atoms with van der Waals surface area (Å²) in [6.45, 7) is 8.67. The zero-order chi connectivity index (χ0) is 29.6. The van der Waals surface area contributed by atoms with Crippen LogP contribution in [0.3, 0.4) is 0 Å². The van der Waals surface area contributed by atoms with E-state index in [0.717, 1.165) is 21.9 Å². The van der Waals surface area contributed by atoms with Crippen LogP contribution in [-0.4, -0.2) is 43.8 Å². The number of carbonyl (C=O) groups excluding carboxylic acids is 2. The molecule has 214 valence electrons. The van der Waals surface area contributed by atoms with E-state index in [0.29, 0.717) is 21.3 Å². The summed E-state index contributed by atoms with van der Waals surface area (Å²) in [4.78, 5) is 28.6. The molecule has 2 atom stereocenters. The van der Waals surface area contributed by atoms with Gasteiger partial charge in [0.05, 0.1) is 20.6 Å². The quantitative estimate of drug-likeness (QED) is 0.285. The Morgan fingerprint density at radius 2 is 1.60 bits per heavy atom. The molecule has 3 rings (SSSR count). The molecule has 10 heteroatoms. The minimum absolute atomic E-state index is 0.0246. The highest BCUT2D eigenvalue weighted by molar-refractivity contribution is 7.92. The monoisotopic (exact) mass is 603 g/mol. The largest absolute Gasteiger partial charge is 0.352 e. The molecule has 7 nitrogen and oxygen atoms in total. The fourth-order valence-electron chi connectivity index (χ4n) is 4.12. The van der Waals surface area contributed by atoms with Crippen LogP contribution in [0.5, 0.6) is 0 Å². The molecular weight excluding hydrogens is 569 g/mol. The molecule has 0 bridgehead atoms. The average molecular weight is 605 g/mol. The standard InChI is InChI=1S/C30H35Cl2N3O4S/c1-6-21(3)33-30(37)23(5)34(18-24-15-16-26(31)27(32)17-24)29(36)19-35(28-14-10-11-20(2)22(28)4)40(38,39)25-12-8-7-9-13-25/h7-17,21,23H,6,18-19H2,1-5H3,(H,33,37)/t21-,23+/m0/s1. The Morgan fingerprint density at radius 1 is 0.925 bits per heavy atom. The van der Waals surface area contributed by atoms with Crippen LogP contribution >= 0.6 is 23.2 Å². The third-order valence-corrected chi connectivity index (χ3v) is 9.47. The third kappa shape index (κ3) is 7.36. The fourth-order valence-corrected chi connectivity index (χ4v) is 5.94. The summed E-state index contributed by atoms with van der Waals surface area (Å²) in [7, 11) is -4.13. The highest BCUT2D eigenvalue weighted by atomic mass is 35.5. The third-order valence-electron chi connectivity index (χ3n) is 6.96. The summed E-state index contributed by atoms with van der Waals surface area (Å²) in [5.74, 6) is -0.884. The van der Waals surface area contributed by atoms with Gasteiger partial charge >= 0.3 is 0 Å². The van der Waals surface area contributed by atoms with Crippen molar-refractivity contribution < 1.29 is 18.0 Å². The number of nitrogens with one attached hydrogen (secondary N) is 1. The summed E-state index contributed by atoms with van der Waals surface area (Å²) in [5.41, 5.74) is 2.65. The maximum absolute atomic E-state index is 14.0. The van der Waals surface area contributed by atoms with Crippen molar-refractivity contribution >= 4 is 50.7 Å². The first-order chi connectivity index (χ1) is 18.9. The molecule has 1 N–H and O–H groups in total. The molecule has 0 radical (unpaired) electrons. The summed E-state index contributed by atoms with van der Waals surface area (Å²) >= 11 is 12.3. The first-order valence-electron chi connectivity index (χ1n) is 13.0. The summed E-state index contributed by atoms with van der Waals surface area (Å²) < 4.78 is 29.0. The predicted octanol–water partition coefficient (Wildman–Crippen LogP) is 6.14. The Labute approximate surface area is 247 Å². The van der Waals surface area contributed by atoms with Crippen LogP contribution in [0.4, 0.5) is 5.69 Å². The first-order valence-corrected chi connectivity index (χ1v) is 15.2. The van der Waals surface area contributed by atoms with E-state index in [1.165, 1.54) is 17.0 Å². The number of aryl methyl sites for hydroxylation is 1. The van der Waals surface area contributed by atoms with E-state index in [4.69, 9.17) is 23.2 Å². The Kier molecular flexibility index (Phi) is 10.6. The molecular formula is C30H35Cl2N3O4S. The molecule has 0 aliphatic rings. The number of sulfonamides is 1. The maximum Gasteiger partial charge on any atom is 0.264 e. The number of hydrogen-bond acceptors (Lipinski definition) is 4. The van der Waals surface area contributed by atoms with Crippen LogP contribution in [0.25, 0.3) is 0 Å². The molecule has 0 saturated heterocycles. The highest BCUT2D eigenvalue weighted by Gasteiger charge is 2.33. The molecule has 2 amide bonds. The minimum atomic E-state index is -4.13. The van der Waals surface area contributed by atoms with Crippen molar-refractivity contribution in [3.63, 3.8) is 0 Å². The Morgan fingerprint density at radius 3 is 2.23 bits per heavy atom. The molecule has 0 unspecified atom stereocenters. The number of nitrogens with zero attached hydrogens (tertiary/aromatic N) is 2. The van der Waals surface area contributed by atoms with E-state index in [2.05, 4.69) is 5.32 Å². The second-order valence-electron chi connectivity index (χ2n) is 9.81. The van der Waals surface area contributed by atoms with Gasteiger partial charge in [-0.25, -0.2) is 8.42 Å². The van der Waals surface area contributed by atoms with Crippen LogP contribution in [0.15, 0.2) is 71.6 Å². The van der Waals surface area contributed by atoms with Crippen molar-refractivity contribution in [1.82, 2.24) is 10.2 Å². The van der Waals surface area contributed by atoms with Gasteiger partial charge < -0.3 is 10.2 Å². The molecule has 40 heavy (non-hydrogen) atoms. The van der Waals surface area contributed by atoms with Crippen molar-refractivity contribution in [3.05, 3.63) is 93.5 Å². The molecule has 3 aromatic rings. The Bertz CT molecular complexity index is 1470. The lowest BCUT2D eigenvalue weighted by atomic mass is 10.1. The Hall–Kier alpha value is -3.07. The van der Waals surface area contributed by atoms with Gasteiger partial charge in [-0.1, -0.05) is 66.5 Å². The molecule has 0 spiro atoms. The van der Waals surface area contributed by atoms with Crippen molar-refractivity contribution in [2.24, 2.45) is 0 Å². The average Bonchev–Trinajstić information content (AvgIpc) is 2.93. The number of rotatable bonds is 11. The smallest absolute Gasteiger partial charge is 0.264 e. The number of halogens is 2. The number of benzene rings is 3. The molecule has 0 aliphatic carbocycles. The van der Waals surface area contributed by atoms with Gasteiger partial charge in [-0.05, 0) is 81.1 Å². The van der Waals surface area contributed by atoms with Crippen molar-refractivity contribution in [2.75, 3.05) is 10.8 Å². The van der Waals surface area contributed by atoms with E-state index in [1.54, 1.807) is 55.5 Å². The van der Waals surface area contributed by atoms with Gasteiger partial charge in [-0.3, -0.25) is 13.9 Å². The lowest BCUT2D eigenvalue weighted by Gasteiger charge is -2.33. The maximum atomic E-state index is 14.0. The molecule has 0 aromatic heterocycles. The van der Waals surface area contributed by atoms with Gasteiger partial charge in [-0.2, -0.15) is 0 Å². The zero-order valence-corrected chi connectivity index (χ0v) is 25.6. The minimum Gasteiger partial charge on any atom is -0.352 e. The van der Waals surface area contributed by atoms with Crippen LogP contribution in [-0.2, 0) is 26.2 Å². The van der Waals surface area contributed by atoms with E-state index >= 15 is 0 Å². The molecule has 3 aromatic carbocycles. The normalized spacial score (nSPS) is 12.9. The number of amides is 2. The fraction of sp³-hybridized carbons (Fsp3) is 0.333. The number of anilines is 1. The van der Waals surface area contributed by atoms with Crippen LogP contribution in [0.1, 0.15) is 43.9 Å². The molecule has 0 fully saturated rings. The van der Waals surface area contributed by atoms with Gasteiger partial charge in [0.15, 0.2) is 0 Å². The van der Waals surface area contributed by atoms with Gasteiger partial charge in [0.25, 0.3) is 10.0 Å². The summed E-state index contributed by atoms with van der Waals surface area (Å²) in [6, 6.07) is 17.3. The first kappa shape index (κ1) is 31.5. The van der Waals surface area contributed by atoms with Gasteiger partial charge in [-0.15, -0.1) is 0 Å². The second kappa shape index (κ2) is 13.5. The van der Waals surface area contributed by atoms with Crippen molar-refractivity contribution in [1.29, 1.82) is 0 Å². The van der Waals surface area contributed by atoms with Crippen LogP contribution < -0.4 is 9.62 Å². The molecule has 0 heterocycles. The topological polar surface area (TPSA) is 86.8 Å². The van der Waals surface area contributed by atoms with Gasteiger partial charge in [0.1, 0.15) is 12.6 Å². The van der Waals surface area contributed by atoms with Crippen LogP contribution in [0.2, 0.25) is 10.0 Å². The second-order valence-corrected chi connectivity index (χ2v) is 12.5. The van der Waals surface area contributed by atoms with E-state index < -0.39 is 28.5 Å². The zero-order valence-electron chi connectivity index (χ0n) is 23.3. The Balaban J connectivity index is 2.07. The van der Waals surface area contributed by atoms with E-state index in [9.17, 15) is 18.0 Å². The number of hydrogen-bond donors (Lipinski definition) is 1. The lowest BCUT2D eigenvalue weighted by molar-refractivity contribution is -0.139. The number of carbonyl (C=O) groups is 2. The van der Waals surface area contributed by atoms with Gasteiger partial charge in [0.2, 0.25) is 11.8 Å². The summed E-state index contributed by atoms with van der Waals surface area (Å²) in [6.07, 6.45) is 0.717. The highest BCUT2D eigenvalue weighted by Crippen LogP contribution is 2.29. The van der Waals surface area contributed by atoms with E-state index in [-0.39, 0.29) is 23.4 Å². The van der Waals surface area contributed by atoms with Gasteiger partial charge in [0, 0.05) is 12.6 Å². The molecule has 0 aliphatic heterocycles. The van der Waals surface area contributed by atoms with E-state index in [1.807, 2.05) is 33.8 Å². The van der Waals surface area contributed by atoms with Crippen molar-refractivity contribution in [3.8, 4) is 0 Å². The lowest BCUT2D eigenvalue weighted by Crippen LogP contribution is -2.52. The molecule has 0 saturated carbocycles. The van der Waals surface area contributed by atoms with Crippen molar-refractivity contribution in [2.45, 2.75) is 64.6 Å².